The summed E-state index contributed by atoms with van der Waals surface area (Å²) in [4.78, 5) is 28.4. The summed E-state index contributed by atoms with van der Waals surface area (Å²) < 4.78 is 54.0. The lowest BCUT2D eigenvalue weighted by Crippen LogP contribution is -2.49. The fourth-order valence-electron chi connectivity index (χ4n) is 6.38. The molecule has 1 aliphatic heterocycles. The second-order valence-electron chi connectivity index (χ2n) is 11.8. The van der Waals surface area contributed by atoms with Crippen LogP contribution in [0, 0.1) is 23.1 Å². The van der Waals surface area contributed by atoms with Crippen LogP contribution in [0.15, 0.2) is 48.5 Å². The molecule has 0 radical (unpaired) electrons. The van der Waals surface area contributed by atoms with Crippen molar-refractivity contribution in [3.63, 3.8) is 0 Å². The number of nitrogens with one attached hydrogen (secondary N) is 1. The van der Waals surface area contributed by atoms with Crippen LogP contribution >= 0.6 is 0 Å². The first kappa shape index (κ1) is 29.1. The number of nitrogens with zero attached hydrogens (tertiary/aromatic N) is 1. The van der Waals surface area contributed by atoms with Crippen molar-refractivity contribution in [2.75, 3.05) is 0 Å². The molecule has 2 aromatic carbocycles. The smallest absolute Gasteiger partial charge is 0.416 e. The lowest BCUT2D eigenvalue weighted by Gasteiger charge is -2.36. The SMILES string of the molecule is CC(C)(C)[C@H]1[C@H](NCc2ccc(C(F)(F)F)cc2F)[C@H](c2ccccc2)N(C(=O)C2CCCCC2)[C@@H]1C(=O)O. The molecule has 2 N–H and O–H groups in total. The van der Waals surface area contributed by atoms with Gasteiger partial charge in [-0.25, -0.2) is 9.18 Å². The van der Waals surface area contributed by atoms with Crippen LogP contribution in [0.2, 0.25) is 0 Å². The highest BCUT2D eigenvalue weighted by molar-refractivity contribution is 5.87. The van der Waals surface area contributed by atoms with E-state index in [1.165, 1.54) is 4.90 Å². The van der Waals surface area contributed by atoms with Gasteiger partial charge in [0.2, 0.25) is 5.91 Å². The number of aliphatic carboxylic acids is 1. The van der Waals surface area contributed by atoms with Gasteiger partial charge in [-0.3, -0.25) is 4.79 Å². The molecule has 0 bridgehead atoms. The number of carbonyl (C=O) groups excluding carboxylic acids is 1. The average Bonchev–Trinajstić information content (AvgIpc) is 3.24. The molecule has 2 aromatic rings. The quantitative estimate of drug-likeness (QED) is 0.400. The molecule has 1 saturated heterocycles. The van der Waals surface area contributed by atoms with Gasteiger partial charge >= 0.3 is 12.1 Å². The van der Waals surface area contributed by atoms with Crippen LogP contribution < -0.4 is 5.32 Å². The number of halogens is 4. The molecule has 4 atom stereocenters. The molecule has 0 spiro atoms. The maximum absolute atomic E-state index is 14.8. The molecular weight excluding hydrogens is 512 g/mol. The minimum Gasteiger partial charge on any atom is -0.480 e. The lowest BCUT2D eigenvalue weighted by molar-refractivity contribution is -0.154. The van der Waals surface area contributed by atoms with Crippen molar-refractivity contribution in [3.8, 4) is 0 Å². The zero-order chi connectivity index (χ0) is 28.5. The van der Waals surface area contributed by atoms with E-state index in [9.17, 15) is 32.3 Å². The van der Waals surface area contributed by atoms with E-state index in [0.717, 1.165) is 37.0 Å². The average molecular weight is 549 g/mol. The van der Waals surface area contributed by atoms with Crippen LogP contribution in [-0.2, 0) is 22.3 Å². The minimum atomic E-state index is -4.66. The van der Waals surface area contributed by atoms with Gasteiger partial charge in [0.15, 0.2) is 0 Å². The Hall–Kier alpha value is -2.94. The number of benzene rings is 2. The Labute approximate surface area is 226 Å². The van der Waals surface area contributed by atoms with Gasteiger partial charge in [0.1, 0.15) is 11.9 Å². The fraction of sp³-hybridized carbons (Fsp3) is 0.533. The number of likely N-dealkylation sites (tertiary alicyclic amines) is 1. The molecular formula is C30H36F4N2O3. The van der Waals surface area contributed by atoms with Gasteiger partial charge < -0.3 is 15.3 Å². The predicted octanol–water partition coefficient (Wildman–Crippen LogP) is 6.58. The maximum atomic E-state index is 14.8. The summed E-state index contributed by atoms with van der Waals surface area (Å²) in [7, 11) is 0. The van der Waals surface area contributed by atoms with Crippen LogP contribution in [0.1, 0.15) is 75.6 Å². The van der Waals surface area contributed by atoms with Crippen LogP contribution in [0.5, 0.6) is 0 Å². The molecule has 39 heavy (non-hydrogen) atoms. The highest BCUT2D eigenvalue weighted by Crippen LogP contribution is 2.49. The van der Waals surface area contributed by atoms with Crippen LogP contribution in [-0.4, -0.2) is 34.0 Å². The first-order valence-electron chi connectivity index (χ1n) is 13.5. The highest BCUT2D eigenvalue weighted by atomic mass is 19.4. The molecule has 1 amide bonds. The van der Waals surface area contributed by atoms with Crippen LogP contribution in [0.25, 0.3) is 0 Å². The van der Waals surface area contributed by atoms with Crippen molar-refractivity contribution in [2.45, 2.75) is 83.7 Å². The van der Waals surface area contributed by atoms with Gasteiger partial charge in [0.25, 0.3) is 0 Å². The van der Waals surface area contributed by atoms with Crippen molar-refractivity contribution in [2.24, 2.45) is 17.3 Å². The fourth-order valence-corrected chi connectivity index (χ4v) is 6.38. The third-order valence-electron chi connectivity index (χ3n) is 8.18. The molecule has 0 aromatic heterocycles. The highest BCUT2D eigenvalue weighted by Gasteiger charge is 2.58. The lowest BCUT2D eigenvalue weighted by atomic mass is 9.72. The molecule has 2 fully saturated rings. The van der Waals surface area contributed by atoms with Crippen molar-refractivity contribution >= 4 is 11.9 Å². The number of hydrogen-bond acceptors (Lipinski definition) is 3. The Morgan fingerprint density at radius 3 is 2.18 bits per heavy atom. The van der Waals surface area contributed by atoms with Gasteiger partial charge in [-0.05, 0) is 36.0 Å². The van der Waals surface area contributed by atoms with E-state index in [1.807, 2.05) is 51.1 Å². The van der Waals surface area contributed by atoms with Crippen LogP contribution in [0.4, 0.5) is 17.6 Å². The molecule has 5 nitrogen and oxygen atoms in total. The Morgan fingerprint density at radius 1 is 1.00 bits per heavy atom. The van der Waals surface area contributed by atoms with Crippen molar-refractivity contribution in [3.05, 3.63) is 71.0 Å². The number of amides is 1. The monoisotopic (exact) mass is 548 g/mol. The van der Waals surface area contributed by atoms with E-state index < -0.39 is 53.0 Å². The predicted molar refractivity (Wildman–Crippen MR) is 139 cm³/mol. The molecule has 0 unspecified atom stereocenters. The first-order chi connectivity index (χ1) is 18.3. The van der Waals surface area contributed by atoms with E-state index in [4.69, 9.17) is 0 Å². The van der Waals surface area contributed by atoms with Crippen molar-refractivity contribution in [1.29, 1.82) is 0 Å². The minimum absolute atomic E-state index is 0.0337. The summed E-state index contributed by atoms with van der Waals surface area (Å²) in [5.41, 5.74) is -0.861. The zero-order valence-corrected chi connectivity index (χ0v) is 22.5. The summed E-state index contributed by atoms with van der Waals surface area (Å²) in [6.45, 7) is 5.62. The van der Waals surface area contributed by atoms with E-state index >= 15 is 0 Å². The number of rotatable bonds is 6. The molecule has 2 aliphatic rings. The maximum Gasteiger partial charge on any atom is 0.416 e. The second kappa shape index (κ2) is 11.3. The summed E-state index contributed by atoms with van der Waals surface area (Å²) in [6, 6.07) is 9.23. The number of alkyl halides is 3. The third-order valence-corrected chi connectivity index (χ3v) is 8.18. The Kier molecular flexibility index (Phi) is 8.40. The molecule has 1 heterocycles. The third kappa shape index (κ3) is 6.13. The number of carboxylic acid groups (broad SMARTS) is 1. The summed E-state index contributed by atoms with van der Waals surface area (Å²) in [5, 5.41) is 13.8. The van der Waals surface area contributed by atoms with E-state index in [0.29, 0.717) is 18.9 Å². The summed E-state index contributed by atoms with van der Waals surface area (Å²) >= 11 is 0. The summed E-state index contributed by atoms with van der Waals surface area (Å²) in [5.74, 6) is -3.12. The van der Waals surface area contributed by atoms with Crippen molar-refractivity contribution < 1.29 is 32.3 Å². The molecule has 212 valence electrons. The second-order valence-corrected chi connectivity index (χ2v) is 11.8. The molecule has 1 aliphatic carbocycles. The largest absolute Gasteiger partial charge is 0.480 e. The Balaban J connectivity index is 1.77. The standard InChI is InChI=1S/C30H36F4N2O3/c1-29(2,3)23-24(35-17-20-14-15-21(16-22(20)31)30(32,33)34)25(18-10-6-4-7-11-18)36(26(23)28(38)39)27(37)19-12-8-5-9-13-19/h4,6-7,10-11,14-16,19,23-26,35H,5,8-9,12-13,17H2,1-3H3,(H,38,39)/t23-,24-,25-,26-/m0/s1. The number of hydrogen-bond donors (Lipinski definition) is 2. The van der Waals surface area contributed by atoms with E-state index in [-0.39, 0.29) is 23.9 Å². The van der Waals surface area contributed by atoms with Gasteiger partial charge in [0.05, 0.1) is 11.6 Å². The van der Waals surface area contributed by atoms with Crippen LogP contribution in [0.3, 0.4) is 0 Å². The topological polar surface area (TPSA) is 69.6 Å². The number of carboxylic acids is 1. The van der Waals surface area contributed by atoms with E-state index in [1.54, 1.807) is 0 Å². The van der Waals surface area contributed by atoms with E-state index in [2.05, 4.69) is 5.32 Å². The Bertz CT molecular complexity index is 1170. The number of carbonyl (C=O) groups is 2. The Morgan fingerprint density at radius 2 is 1.64 bits per heavy atom. The van der Waals surface area contributed by atoms with Gasteiger partial charge in [-0.1, -0.05) is 76.4 Å². The van der Waals surface area contributed by atoms with Gasteiger partial charge in [-0.15, -0.1) is 0 Å². The molecule has 9 heteroatoms. The summed E-state index contributed by atoms with van der Waals surface area (Å²) in [6.07, 6.45) is -0.383. The van der Waals surface area contributed by atoms with Gasteiger partial charge in [0, 0.05) is 30.0 Å². The molecule has 4 rings (SSSR count). The zero-order valence-electron chi connectivity index (χ0n) is 22.5. The van der Waals surface area contributed by atoms with Gasteiger partial charge in [-0.2, -0.15) is 13.2 Å². The van der Waals surface area contributed by atoms with Crippen molar-refractivity contribution in [1.82, 2.24) is 10.2 Å². The normalized spacial score (nSPS) is 24.6. The first-order valence-corrected chi connectivity index (χ1v) is 13.5. The molecule has 1 saturated carbocycles.